The molecule has 0 heterocycles. The molecule has 1 N–H and O–H groups in total. The SMILES string of the molecule is CC(C1CC1)N(Cc1ccccc1)C(=O)[C@@H]1C[C@@H]1C(=O)O. The monoisotopic (exact) mass is 287 g/mol. The van der Waals surface area contributed by atoms with Gasteiger partial charge in [0.2, 0.25) is 5.91 Å². The molecule has 3 rings (SSSR count). The van der Waals surface area contributed by atoms with Crippen LogP contribution in [0.1, 0.15) is 31.7 Å². The van der Waals surface area contributed by atoms with E-state index in [1.165, 1.54) is 12.8 Å². The van der Waals surface area contributed by atoms with Gasteiger partial charge in [-0.1, -0.05) is 30.3 Å². The van der Waals surface area contributed by atoms with Gasteiger partial charge < -0.3 is 10.0 Å². The maximum atomic E-state index is 12.7. The molecule has 0 aliphatic heterocycles. The van der Waals surface area contributed by atoms with Crippen LogP contribution in [0, 0.1) is 17.8 Å². The average Bonchev–Trinajstić information content (AvgIpc) is 3.37. The van der Waals surface area contributed by atoms with Crippen molar-refractivity contribution in [2.75, 3.05) is 0 Å². The molecule has 0 saturated heterocycles. The van der Waals surface area contributed by atoms with Gasteiger partial charge in [0.25, 0.3) is 0 Å². The minimum absolute atomic E-state index is 0.0191. The Kier molecular flexibility index (Phi) is 3.70. The number of carbonyl (C=O) groups is 2. The van der Waals surface area contributed by atoms with Crippen LogP contribution in [0.15, 0.2) is 30.3 Å². The first-order chi connectivity index (χ1) is 10.1. The normalized spacial score (nSPS) is 25.2. The van der Waals surface area contributed by atoms with Crippen LogP contribution >= 0.6 is 0 Å². The number of carboxylic acids is 1. The number of aliphatic carboxylic acids is 1. The second-order valence-electron chi connectivity index (χ2n) is 6.32. The largest absolute Gasteiger partial charge is 0.481 e. The molecule has 0 radical (unpaired) electrons. The highest BCUT2D eigenvalue weighted by Crippen LogP contribution is 2.43. The summed E-state index contributed by atoms with van der Waals surface area (Å²) in [5.41, 5.74) is 1.10. The number of rotatable bonds is 6. The summed E-state index contributed by atoms with van der Waals surface area (Å²) in [6.07, 6.45) is 2.84. The lowest BCUT2D eigenvalue weighted by Gasteiger charge is -2.30. The van der Waals surface area contributed by atoms with Crippen LogP contribution in [0.5, 0.6) is 0 Å². The highest BCUT2D eigenvalue weighted by molar-refractivity contribution is 5.89. The van der Waals surface area contributed by atoms with Crippen molar-refractivity contribution < 1.29 is 14.7 Å². The van der Waals surface area contributed by atoms with Crippen molar-refractivity contribution >= 4 is 11.9 Å². The summed E-state index contributed by atoms with van der Waals surface area (Å²) >= 11 is 0. The maximum Gasteiger partial charge on any atom is 0.307 e. The van der Waals surface area contributed by atoms with E-state index in [9.17, 15) is 9.59 Å². The molecule has 0 aromatic heterocycles. The van der Waals surface area contributed by atoms with E-state index in [1.807, 2.05) is 35.2 Å². The van der Waals surface area contributed by atoms with Crippen molar-refractivity contribution in [3.8, 4) is 0 Å². The van der Waals surface area contributed by atoms with Gasteiger partial charge in [-0.3, -0.25) is 9.59 Å². The summed E-state index contributed by atoms with van der Waals surface area (Å²) in [6.45, 7) is 2.68. The highest BCUT2D eigenvalue weighted by Gasteiger charge is 2.51. The van der Waals surface area contributed by atoms with Crippen molar-refractivity contribution in [1.29, 1.82) is 0 Å². The van der Waals surface area contributed by atoms with E-state index in [1.54, 1.807) is 0 Å². The molecule has 0 spiro atoms. The fourth-order valence-corrected chi connectivity index (χ4v) is 2.99. The molecule has 2 aliphatic carbocycles. The van der Waals surface area contributed by atoms with E-state index in [0.717, 1.165) is 5.56 Å². The van der Waals surface area contributed by atoms with Crippen molar-refractivity contribution in [1.82, 2.24) is 4.90 Å². The van der Waals surface area contributed by atoms with Gasteiger partial charge in [0.05, 0.1) is 11.8 Å². The molecular weight excluding hydrogens is 266 g/mol. The Morgan fingerprint density at radius 1 is 1.24 bits per heavy atom. The van der Waals surface area contributed by atoms with Crippen LogP contribution in [0.25, 0.3) is 0 Å². The lowest BCUT2D eigenvalue weighted by atomic mass is 10.1. The van der Waals surface area contributed by atoms with Crippen LogP contribution in [-0.2, 0) is 16.1 Å². The van der Waals surface area contributed by atoms with Crippen LogP contribution in [0.3, 0.4) is 0 Å². The summed E-state index contributed by atoms with van der Waals surface area (Å²) in [5, 5.41) is 9.03. The molecule has 2 fully saturated rings. The highest BCUT2D eigenvalue weighted by atomic mass is 16.4. The molecule has 1 aromatic rings. The number of carbonyl (C=O) groups excluding carboxylic acids is 1. The standard InChI is InChI=1S/C17H21NO3/c1-11(13-7-8-13)18(10-12-5-3-2-4-6-12)16(19)14-9-15(14)17(20)21/h2-6,11,13-15H,7-10H2,1H3,(H,20,21)/t11?,14-,15+/m1/s1. The zero-order valence-electron chi connectivity index (χ0n) is 12.2. The number of hydrogen-bond donors (Lipinski definition) is 1. The van der Waals surface area contributed by atoms with Crippen molar-refractivity contribution in [2.45, 2.75) is 38.8 Å². The van der Waals surface area contributed by atoms with E-state index < -0.39 is 11.9 Å². The quantitative estimate of drug-likeness (QED) is 0.874. The zero-order valence-corrected chi connectivity index (χ0v) is 12.2. The number of nitrogens with zero attached hydrogens (tertiary/aromatic N) is 1. The number of carboxylic acid groups (broad SMARTS) is 1. The summed E-state index contributed by atoms with van der Waals surface area (Å²) in [6, 6.07) is 10.1. The van der Waals surface area contributed by atoms with Crippen molar-refractivity contribution in [3.63, 3.8) is 0 Å². The summed E-state index contributed by atoms with van der Waals surface area (Å²) in [5.74, 6) is -1.02. The molecular formula is C17H21NO3. The Labute approximate surface area is 124 Å². The van der Waals surface area contributed by atoms with E-state index >= 15 is 0 Å². The molecule has 3 atom stereocenters. The number of benzene rings is 1. The van der Waals surface area contributed by atoms with Crippen molar-refractivity contribution in [2.24, 2.45) is 17.8 Å². The fourth-order valence-electron chi connectivity index (χ4n) is 2.99. The Morgan fingerprint density at radius 2 is 1.90 bits per heavy atom. The van der Waals surface area contributed by atoms with E-state index in [4.69, 9.17) is 5.11 Å². The Morgan fingerprint density at radius 3 is 2.43 bits per heavy atom. The Bertz CT molecular complexity index is 538. The van der Waals surface area contributed by atoms with Gasteiger partial charge in [-0.2, -0.15) is 0 Å². The van der Waals surface area contributed by atoms with Crippen LogP contribution < -0.4 is 0 Å². The first-order valence-corrected chi connectivity index (χ1v) is 7.65. The fraction of sp³-hybridized carbons (Fsp3) is 0.529. The van der Waals surface area contributed by atoms with Gasteiger partial charge in [-0.15, -0.1) is 0 Å². The third-order valence-corrected chi connectivity index (χ3v) is 4.70. The minimum Gasteiger partial charge on any atom is -0.481 e. The molecule has 112 valence electrons. The second-order valence-corrected chi connectivity index (χ2v) is 6.32. The third-order valence-electron chi connectivity index (χ3n) is 4.70. The number of amides is 1. The molecule has 4 nitrogen and oxygen atoms in total. The van der Waals surface area contributed by atoms with E-state index in [0.29, 0.717) is 18.9 Å². The zero-order chi connectivity index (χ0) is 15.0. The topological polar surface area (TPSA) is 57.6 Å². The van der Waals surface area contributed by atoms with Crippen LogP contribution in [0.2, 0.25) is 0 Å². The first kappa shape index (κ1) is 14.1. The molecule has 2 aliphatic rings. The van der Waals surface area contributed by atoms with E-state index in [2.05, 4.69) is 6.92 Å². The van der Waals surface area contributed by atoms with Gasteiger partial charge >= 0.3 is 5.97 Å². The van der Waals surface area contributed by atoms with Gasteiger partial charge in [0.1, 0.15) is 0 Å². The smallest absolute Gasteiger partial charge is 0.307 e. The average molecular weight is 287 g/mol. The van der Waals surface area contributed by atoms with Gasteiger partial charge in [0.15, 0.2) is 0 Å². The lowest BCUT2D eigenvalue weighted by molar-refractivity contribution is -0.143. The molecule has 21 heavy (non-hydrogen) atoms. The molecule has 0 bridgehead atoms. The predicted molar refractivity (Wildman–Crippen MR) is 78.4 cm³/mol. The lowest BCUT2D eigenvalue weighted by Crippen LogP contribution is -2.40. The van der Waals surface area contributed by atoms with Crippen molar-refractivity contribution in [3.05, 3.63) is 35.9 Å². The van der Waals surface area contributed by atoms with Gasteiger partial charge in [-0.25, -0.2) is 0 Å². The van der Waals surface area contributed by atoms with Gasteiger partial charge in [0, 0.05) is 12.6 Å². The predicted octanol–water partition coefficient (Wildman–Crippen LogP) is 2.53. The Hall–Kier alpha value is -1.84. The minimum atomic E-state index is -0.841. The second kappa shape index (κ2) is 5.51. The third kappa shape index (κ3) is 3.09. The molecule has 4 heteroatoms. The molecule has 1 aromatic carbocycles. The molecule has 2 saturated carbocycles. The van der Waals surface area contributed by atoms with Gasteiger partial charge in [-0.05, 0) is 37.7 Å². The maximum absolute atomic E-state index is 12.7. The Balaban J connectivity index is 1.73. The summed E-state index contributed by atoms with van der Waals surface area (Å²) in [7, 11) is 0. The number of hydrogen-bond acceptors (Lipinski definition) is 2. The summed E-state index contributed by atoms with van der Waals surface area (Å²) < 4.78 is 0. The first-order valence-electron chi connectivity index (χ1n) is 7.65. The van der Waals surface area contributed by atoms with Crippen LogP contribution in [-0.4, -0.2) is 27.9 Å². The molecule has 1 unspecified atom stereocenters. The molecule has 1 amide bonds. The van der Waals surface area contributed by atoms with Crippen LogP contribution in [0.4, 0.5) is 0 Å². The summed E-state index contributed by atoms with van der Waals surface area (Å²) in [4.78, 5) is 25.6. The van der Waals surface area contributed by atoms with E-state index in [-0.39, 0.29) is 17.9 Å².